The predicted molar refractivity (Wildman–Crippen MR) is 112 cm³/mol. The van der Waals surface area contributed by atoms with E-state index in [1.807, 2.05) is 6.92 Å². The molecule has 3 aromatic rings. The quantitative estimate of drug-likeness (QED) is 0.619. The molecule has 0 radical (unpaired) electrons. The molecule has 0 saturated heterocycles. The van der Waals surface area contributed by atoms with Gasteiger partial charge in [-0.2, -0.15) is 5.10 Å². The van der Waals surface area contributed by atoms with E-state index in [2.05, 4.69) is 15.7 Å². The Morgan fingerprint density at radius 2 is 2.00 bits per heavy atom. The van der Waals surface area contributed by atoms with Crippen molar-refractivity contribution in [3.63, 3.8) is 0 Å². The third-order valence-electron chi connectivity index (χ3n) is 4.58. The maximum atomic E-state index is 14.1. The highest BCUT2D eigenvalue weighted by Gasteiger charge is 2.16. The summed E-state index contributed by atoms with van der Waals surface area (Å²) >= 11 is 0. The first-order valence-electron chi connectivity index (χ1n) is 9.40. The van der Waals surface area contributed by atoms with Gasteiger partial charge >= 0.3 is 0 Å². The van der Waals surface area contributed by atoms with Gasteiger partial charge in [-0.15, -0.1) is 0 Å². The molecular formula is C22H23FN4O3. The van der Waals surface area contributed by atoms with Crippen LogP contribution in [0.3, 0.4) is 0 Å². The third kappa shape index (κ3) is 5.22. The van der Waals surface area contributed by atoms with Crippen LogP contribution in [-0.2, 0) is 11.3 Å². The molecule has 2 amide bonds. The second kappa shape index (κ2) is 9.21. The second-order valence-corrected chi connectivity index (χ2v) is 6.98. The molecule has 2 aromatic carbocycles. The Hall–Kier alpha value is -3.68. The number of hydrogen-bond donors (Lipinski definition) is 2. The largest absolute Gasteiger partial charge is 0.497 e. The number of aryl methyl sites for hydroxylation is 1. The lowest BCUT2D eigenvalue weighted by atomic mass is 10.1. The Labute approximate surface area is 173 Å². The summed E-state index contributed by atoms with van der Waals surface area (Å²) in [6.07, 6.45) is 3.39. The number of benzene rings is 2. The Morgan fingerprint density at radius 3 is 2.67 bits per heavy atom. The van der Waals surface area contributed by atoms with Crippen molar-refractivity contribution in [1.29, 1.82) is 0 Å². The molecule has 7 nitrogen and oxygen atoms in total. The molecule has 2 N–H and O–H groups in total. The minimum absolute atomic E-state index is 0.0975. The van der Waals surface area contributed by atoms with Crippen molar-refractivity contribution in [3.05, 3.63) is 71.8 Å². The summed E-state index contributed by atoms with van der Waals surface area (Å²) in [6, 6.07) is 10.7. The number of nitrogens with one attached hydrogen (secondary N) is 2. The number of nitrogens with zero attached hydrogens (tertiary/aromatic N) is 2. The van der Waals surface area contributed by atoms with Gasteiger partial charge < -0.3 is 15.4 Å². The van der Waals surface area contributed by atoms with E-state index in [1.165, 1.54) is 12.1 Å². The summed E-state index contributed by atoms with van der Waals surface area (Å²) in [5, 5.41) is 9.49. The number of halogens is 1. The van der Waals surface area contributed by atoms with Crippen LogP contribution in [0.1, 0.15) is 22.8 Å². The van der Waals surface area contributed by atoms with Crippen molar-refractivity contribution in [3.8, 4) is 5.75 Å². The van der Waals surface area contributed by atoms with Crippen LogP contribution >= 0.6 is 0 Å². The Balaban J connectivity index is 1.71. The zero-order valence-corrected chi connectivity index (χ0v) is 17.0. The molecule has 30 heavy (non-hydrogen) atoms. The van der Waals surface area contributed by atoms with Crippen molar-refractivity contribution in [2.75, 3.05) is 17.7 Å². The molecule has 0 aliphatic carbocycles. The van der Waals surface area contributed by atoms with Gasteiger partial charge in [-0.05, 0) is 55.0 Å². The van der Waals surface area contributed by atoms with Gasteiger partial charge in [0.1, 0.15) is 11.6 Å². The van der Waals surface area contributed by atoms with Crippen LogP contribution < -0.4 is 15.4 Å². The first kappa shape index (κ1) is 21.0. The molecule has 0 spiro atoms. The van der Waals surface area contributed by atoms with E-state index in [1.54, 1.807) is 55.4 Å². The zero-order valence-electron chi connectivity index (χ0n) is 17.0. The van der Waals surface area contributed by atoms with Gasteiger partial charge in [-0.1, -0.05) is 6.92 Å². The number of methoxy groups -OCH3 is 1. The van der Waals surface area contributed by atoms with E-state index in [0.717, 1.165) is 11.6 Å². The normalized spacial score (nSPS) is 11.6. The lowest BCUT2D eigenvalue weighted by molar-refractivity contribution is -0.119. The van der Waals surface area contributed by atoms with Crippen molar-refractivity contribution in [2.45, 2.75) is 20.4 Å². The van der Waals surface area contributed by atoms with E-state index in [0.29, 0.717) is 18.0 Å². The molecule has 1 unspecified atom stereocenters. The van der Waals surface area contributed by atoms with E-state index in [-0.39, 0.29) is 17.2 Å². The second-order valence-electron chi connectivity index (χ2n) is 6.98. The zero-order chi connectivity index (χ0) is 21.7. The average Bonchev–Trinajstić information content (AvgIpc) is 3.21. The summed E-state index contributed by atoms with van der Waals surface area (Å²) in [4.78, 5) is 25.1. The van der Waals surface area contributed by atoms with Crippen LogP contribution in [0.4, 0.5) is 15.8 Å². The molecule has 156 valence electrons. The number of amides is 2. The predicted octanol–water partition coefficient (Wildman–Crippen LogP) is 3.87. The van der Waals surface area contributed by atoms with Crippen molar-refractivity contribution < 1.29 is 18.7 Å². The van der Waals surface area contributed by atoms with E-state index < -0.39 is 17.6 Å². The van der Waals surface area contributed by atoms with Crippen LogP contribution in [0.2, 0.25) is 0 Å². The van der Waals surface area contributed by atoms with Crippen LogP contribution in [0.5, 0.6) is 5.75 Å². The van der Waals surface area contributed by atoms with Crippen molar-refractivity contribution in [1.82, 2.24) is 9.78 Å². The van der Waals surface area contributed by atoms with E-state index >= 15 is 0 Å². The van der Waals surface area contributed by atoms with Crippen molar-refractivity contribution in [2.24, 2.45) is 5.92 Å². The highest BCUT2D eigenvalue weighted by molar-refractivity contribution is 6.05. The van der Waals surface area contributed by atoms with Gasteiger partial charge in [0.15, 0.2) is 0 Å². The Bertz CT molecular complexity index is 1050. The average molecular weight is 410 g/mol. The third-order valence-corrected chi connectivity index (χ3v) is 4.58. The smallest absolute Gasteiger partial charge is 0.255 e. The topological polar surface area (TPSA) is 85.3 Å². The molecule has 3 rings (SSSR count). The summed E-state index contributed by atoms with van der Waals surface area (Å²) in [5.74, 6) is -1.13. The van der Waals surface area contributed by atoms with Gasteiger partial charge in [-0.25, -0.2) is 4.39 Å². The van der Waals surface area contributed by atoms with Crippen LogP contribution in [0, 0.1) is 18.7 Å². The maximum Gasteiger partial charge on any atom is 0.255 e. The molecule has 0 bridgehead atoms. The van der Waals surface area contributed by atoms with E-state index in [4.69, 9.17) is 4.74 Å². The number of anilines is 2. The Morgan fingerprint density at radius 1 is 1.20 bits per heavy atom. The maximum absolute atomic E-state index is 14.1. The number of ether oxygens (including phenoxy) is 1. The molecule has 8 heteroatoms. The molecular weight excluding hydrogens is 387 g/mol. The first-order chi connectivity index (χ1) is 14.4. The van der Waals surface area contributed by atoms with E-state index in [9.17, 15) is 14.0 Å². The minimum Gasteiger partial charge on any atom is -0.497 e. The van der Waals surface area contributed by atoms with Gasteiger partial charge in [0.25, 0.3) is 5.91 Å². The van der Waals surface area contributed by atoms with Gasteiger partial charge in [0, 0.05) is 29.3 Å². The fraction of sp³-hybridized carbons (Fsp3) is 0.227. The highest BCUT2D eigenvalue weighted by atomic mass is 19.1. The number of carbonyl (C=O) groups is 2. The monoisotopic (exact) mass is 410 g/mol. The molecule has 0 fully saturated rings. The van der Waals surface area contributed by atoms with Crippen LogP contribution in [0.15, 0.2) is 54.9 Å². The summed E-state index contributed by atoms with van der Waals surface area (Å²) in [7, 11) is 1.56. The highest BCUT2D eigenvalue weighted by Crippen LogP contribution is 2.22. The fourth-order valence-corrected chi connectivity index (χ4v) is 2.93. The summed E-state index contributed by atoms with van der Waals surface area (Å²) < 4.78 is 20.9. The number of carbonyl (C=O) groups excluding carboxylic acids is 2. The fourth-order valence-electron chi connectivity index (χ4n) is 2.93. The molecule has 1 atom stereocenters. The van der Waals surface area contributed by atoms with Crippen LogP contribution in [0.25, 0.3) is 0 Å². The first-order valence-corrected chi connectivity index (χ1v) is 9.40. The molecule has 0 saturated carbocycles. The minimum atomic E-state index is -0.621. The van der Waals surface area contributed by atoms with Gasteiger partial charge in [-0.3, -0.25) is 14.3 Å². The molecule has 1 heterocycles. The SMILES string of the molecule is COc1ccc(NC(=O)c2cc(F)cc(NC(=O)C(C)Cn3cccn3)c2)c(C)c1. The molecule has 1 aromatic heterocycles. The summed E-state index contributed by atoms with van der Waals surface area (Å²) in [5.41, 5.74) is 1.70. The van der Waals surface area contributed by atoms with Crippen molar-refractivity contribution >= 4 is 23.2 Å². The van der Waals surface area contributed by atoms with Crippen LogP contribution in [-0.4, -0.2) is 28.7 Å². The Kier molecular flexibility index (Phi) is 6.46. The lowest BCUT2D eigenvalue weighted by Crippen LogP contribution is -2.25. The standard InChI is InChI=1S/C22H23FN4O3/c1-14-9-19(30-3)5-6-20(14)26-22(29)16-10-17(23)12-18(11-16)25-21(28)15(2)13-27-8-4-7-24-27/h4-12,15H,13H2,1-3H3,(H,25,28)(H,26,29). The molecule has 0 aliphatic rings. The lowest BCUT2D eigenvalue weighted by Gasteiger charge is -2.14. The molecule has 0 aliphatic heterocycles. The van der Waals surface area contributed by atoms with Gasteiger partial charge in [0.2, 0.25) is 5.91 Å². The number of aromatic nitrogens is 2. The van der Waals surface area contributed by atoms with Gasteiger partial charge in [0.05, 0.1) is 19.6 Å². The number of rotatable bonds is 7. The number of hydrogen-bond acceptors (Lipinski definition) is 4. The summed E-state index contributed by atoms with van der Waals surface area (Å²) in [6.45, 7) is 3.96.